The van der Waals surface area contributed by atoms with Gasteiger partial charge in [0.1, 0.15) is 5.52 Å². The Kier molecular flexibility index (Phi) is 2.51. The summed E-state index contributed by atoms with van der Waals surface area (Å²) in [6, 6.07) is 2.51. The van der Waals surface area contributed by atoms with Crippen molar-refractivity contribution in [2.45, 2.75) is 0 Å². The maximum Gasteiger partial charge on any atom is 0.472 e. The molecule has 0 aliphatic rings. The normalized spacial score (nSPS) is 10.5. The van der Waals surface area contributed by atoms with Crippen LogP contribution in [0.25, 0.3) is 11.2 Å². The number of H-pyrrole nitrogens is 1. The first kappa shape index (κ1) is 10.5. The van der Waals surface area contributed by atoms with E-state index < -0.39 is 0 Å². The van der Waals surface area contributed by atoms with Gasteiger partial charge in [-0.25, -0.2) is 9.48 Å². The van der Waals surface area contributed by atoms with Gasteiger partial charge in [0.25, 0.3) is 0 Å². The van der Waals surface area contributed by atoms with Gasteiger partial charge in [0, 0.05) is 6.20 Å². The lowest BCUT2D eigenvalue weighted by Crippen LogP contribution is -2.39. The van der Waals surface area contributed by atoms with E-state index in [9.17, 15) is 0 Å². The van der Waals surface area contributed by atoms with Gasteiger partial charge in [-0.1, -0.05) is 0 Å². The van der Waals surface area contributed by atoms with E-state index in [0.717, 1.165) is 11.2 Å². The van der Waals surface area contributed by atoms with Crippen molar-refractivity contribution in [2.24, 2.45) is 0 Å². The predicted octanol–water partition coefficient (Wildman–Crippen LogP) is -0.622. The number of fused-ring (bicyclic) bond motifs is 1. The molecular weight excluding hydrogens is 208 g/mol. The molecule has 0 saturated carbocycles. The molecule has 7 heteroatoms. The second kappa shape index (κ2) is 3.84. The van der Waals surface area contributed by atoms with Gasteiger partial charge in [-0.2, -0.15) is 0 Å². The zero-order valence-corrected chi connectivity index (χ0v) is 9.80. The molecule has 0 saturated heterocycles. The highest BCUT2D eigenvalue weighted by atomic mass is 16.7. The first-order valence-electron chi connectivity index (χ1n) is 4.88. The molecule has 0 fully saturated rings. The second-order valence-corrected chi connectivity index (χ2v) is 3.84. The second-order valence-electron chi connectivity index (χ2n) is 3.84. The highest BCUT2D eigenvalue weighted by molar-refractivity contribution is 5.72. The van der Waals surface area contributed by atoms with E-state index in [4.69, 9.17) is 4.84 Å². The van der Waals surface area contributed by atoms with Crippen molar-refractivity contribution >= 4 is 17.2 Å². The van der Waals surface area contributed by atoms with Crippen LogP contribution in [0.4, 0.5) is 0 Å². The molecule has 7 nitrogen and oxygen atoms in total. The lowest BCUT2D eigenvalue weighted by molar-refractivity contribution is -0.480. The Morgan fingerprint density at radius 3 is 2.88 bits per heavy atom. The van der Waals surface area contributed by atoms with E-state index >= 15 is 0 Å². The van der Waals surface area contributed by atoms with Gasteiger partial charge in [-0.15, -0.1) is 5.10 Å². The zero-order chi connectivity index (χ0) is 11.7. The summed E-state index contributed by atoms with van der Waals surface area (Å²) in [4.78, 5) is 11.9. The fourth-order valence-electron chi connectivity index (χ4n) is 1.42. The van der Waals surface area contributed by atoms with Crippen molar-refractivity contribution in [1.29, 1.82) is 0 Å². The lowest BCUT2D eigenvalue weighted by Gasteiger charge is -2.09. The maximum absolute atomic E-state index is 5.63. The van der Waals surface area contributed by atoms with E-state index in [1.165, 1.54) is 4.85 Å². The third kappa shape index (κ3) is 1.71. The van der Waals surface area contributed by atoms with Crippen LogP contribution in [-0.2, 0) is 0 Å². The molecule has 0 bridgehead atoms. The van der Waals surface area contributed by atoms with Crippen LogP contribution in [0.2, 0.25) is 0 Å². The van der Waals surface area contributed by atoms with Crippen LogP contribution < -0.4 is 4.84 Å². The molecule has 0 spiro atoms. The van der Waals surface area contributed by atoms with Crippen LogP contribution in [0.15, 0.2) is 12.3 Å². The van der Waals surface area contributed by atoms with Crippen molar-refractivity contribution in [3.63, 3.8) is 0 Å². The van der Waals surface area contributed by atoms with E-state index in [-0.39, 0.29) is 0 Å². The van der Waals surface area contributed by atoms with Crippen LogP contribution in [0.1, 0.15) is 0 Å². The summed E-state index contributed by atoms with van der Waals surface area (Å²) < 4.78 is 1.86. The van der Waals surface area contributed by atoms with Crippen LogP contribution >= 0.6 is 0 Å². The van der Waals surface area contributed by atoms with Gasteiger partial charge >= 0.3 is 6.02 Å². The Hall–Kier alpha value is -2.05. The number of nitrogens with one attached hydrogen (secondary N) is 1. The number of aromatic nitrogens is 4. The van der Waals surface area contributed by atoms with E-state index in [1.54, 1.807) is 6.20 Å². The average molecular weight is 223 g/mol. The van der Waals surface area contributed by atoms with Crippen LogP contribution in [0.5, 0.6) is 0 Å². The first-order valence-corrected chi connectivity index (χ1v) is 4.88. The van der Waals surface area contributed by atoms with E-state index in [1.807, 2.05) is 43.7 Å². The SMILES string of the molecule is CN(C)C(On1nnc2cc[nH]c21)=[N+](C)C. The molecule has 2 rings (SSSR count). The average Bonchev–Trinajstić information content (AvgIpc) is 2.75. The topological polar surface area (TPSA) is 62.0 Å². The largest absolute Gasteiger partial charge is 0.472 e. The summed E-state index contributed by atoms with van der Waals surface area (Å²) in [5.74, 6) is 0. The molecule has 0 amide bonds. The molecule has 86 valence electrons. The van der Waals surface area contributed by atoms with Gasteiger partial charge in [-0.05, 0) is 16.1 Å². The highest BCUT2D eigenvalue weighted by Crippen LogP contribution is 2.05. The monoisotopic (exact) mass is 223 g/mol. The predicted molar refractivity (Wildman–Crippen MR) is 59.3 cm³/mol. The summed E-state index contributed by atoms with van der Waals surface area (Å²) in [7, 11) is 7.60. The smallest absolute Gasteiger partial charge is 0.342 e. The van der Waals surface area contributed by atoms with Crippen molar-refractivity contribution in [3.8, 4) is 0 Å². The van der Waals surface area contributed by atoms with Crippen LogP contribution in [0.3, 0.4) is 0 Å². The number of hydrogen-bond donors (Lipinski definition) is 1. The number of nitrogens with zero attached hydrogens (tertiary/aromatic N) is 5. The van der Waals surface area contributed by atoms with Crippen LogP contribution in [-0.4, -0.2) is 63.8 Å². The van der Waals surface area contributed by atoms with Crippen molar-refractivity contribution in [3.05, 3.63) is 12.3 Å². The van der Waals surface area contributed by atoms with Gasteiger partial charge in [0.2, 0.25) is 0 Å². The third-order valence-electron chi connectivity index (χ3n) is 2.06. The maximum atomic E-state index is 5.63. The molecule has 2 aromatic heterocycles. The number of aromatic amines is 1. The lowest BCUT2D eigenvalue weighted by atomic mass is 10.6. The minimum Gasteiger partial charge on any atom is -0.342 e. The van der Waals surface area contributed by atoms with Gasteiger partial charge in [0.15, 0.2) is 5.65 Å². The van der Waals surface area contributed by atoms with Crippen molar-refractivity contribution in [1.82, 2.24) is 25.0 Å². The Morgan fingerprint density at radius 1 is 1.50 bits per heavy atom. The minimum absolute atomic E-state index is 0.668. The molecule has 0 aromatic carbocycles. The van der Waals surface area contributed by atoms with Gasteiger partial charge in [-0.3, -0.25) is 4.84 Å². The number of rotatable bonds is 1. The number of amidine groups is 1. The molecule has 1 N–H and O–H groups in total. The zero-order valence-electron chi connectivity index (χ0n) is 9.80. The molecule has 0 radical (unpaired) electrons. The molecular formula is C9H15N6O+. The van der Waals surface area contributed by atoms with Gasteiger partial charge in [0.05, 0.1) is 28.2 Å². The van der Waals surface area contributed by atoms with Crippen molar-refractivity contribution in [2.75, 3.05) is 28.2 Å². The summed E-state index contributed by atoms with van der Waals surface area (Å²) in [6.07, 6.45) is 1.80. The molecule has 0 unspecified atom stereocenters. The molecule has 0 atom stereocenters. The Balaban J connectivity index is 2.34. The number of hydrogen-bond acceptors (Lipinski definition) is 3. The molecule has 2 aromatic rings. The fourth-order valence-corrected chi connectivity index (χ4v) is 1.42. The summed E-state index contributed by atoms with van der Waals surface area (Å²) in [5, 5.41) is 7.86. The summed E-state index contributed by atoms with van der Waals surface area (Å²) in [5.41, 5.74) is 1.51. The van der Waals surface area contributed by atoms with E-state index in [0.29, 0.717) is 6.02 Å². The Bertz CT molecular complexity index is 519. The molecule has 16 heavy (non-hydrogen) atoms. The van der Waals surface area contributed by atoms with Gasteiger partial charge < -0.3 is 4.98 Å². The quantitative estimate of drug-likeness (QED) is 0.397. The summed E-state index contributed by atoms with van der Waals surface area (Å²) in [6.45, 7) is 0. The third-order valence-corrected chi connectivity index (χ3v) is 2.06. The molecule has 2 heterocycles. The minimum atomic E-state index is 0.668. The van der Waals surface area contributed by atoms with E-state index in [2.05, 4.69) is 15.3 Å². The standard InChI is InChI=1S/C9H15N6O/c1-13(2)9(14(3)4)16-15-8-7(11-12-15)5-6-10-8/h5-6,10H,1-4H3/q+1. The highest BCUT2D eigenvalue weighted by Gasteiger charge is 2.17. The Labute approximate surface area is 92.9 Å². The Morgan fingerprint density at radius 2 is 2.25 bits per heavy atom. The van der Waals surface area contributed by atoms with Crippen LogP contribution in [0, 0.1) is 0 Å². The fraction of sp³-hybridized carbons (Fsp3) is 0.444. The molecule has 0 aliphatic carbocycles. The molecule has 0 aliphatic heterocycles. The first-order chi connectivity index (χ1) is 7.59. The summed E-state index contributed by atoms with van der Waals surface area (Å²) >= 11 is 0. The van der Waals surface area contributed by atoms with Crippen molar-refractivity contribution < 1.29 is 9.41 Å².